The van der Waals surface area contributed by atoms with Crippen LogP contribution in [0, 0.1) is 0 Å². The van der Waals surface area contributed by atoms with Crippen LogP contribution in [0.25, 0.3) is 0 Å². The lowest BCUT2D eigenvalue weighted by atomic mass is 10.0. The van der Waals surface area contributed by atoms with Gasteiger partial charge in [0.15, 0.2) is 0 Å². The van der Waals surface area contributed by atoms with Gasteiger partial charge in [-0.1, -0.05) is 19.1 Å². The number of nitrogens with two attached hydrogens (primary N) is 1. The van der Waals surface area contributed by atoms with E-state index in [4.69, 9.17) is 10.5 Å². The standard InChI is InChI=1S/C16H24N2O3/c1-2-12(11-19)18-9-7-13(8-10-18)21-15-6-4-3-5-14(15)16(17)20/h3-6,12-13,19H,2,7-11H2,1H3,(H2,17,20). The van der Waals surface area contributed by atoms with Gasteiger partial charge in [-0.15, -0.1) is 0 Å². The molecule has 116 valence electrons. The third kappa shape index (κ3) is 3.95. The van der Waals surface area contributed by atoms with Crippen LogP contribution in [-0.2, 0) is 0 Å². The normalized spacial score (nSPS) is 18.4. The van der Waals surface area contributed by atoms with Crippen LogP contribution in [-0.4, -0.2) is 47.8 Å². The second-order valence-corrected chi connectivity index (χ2v) is 5.46. The van der Waals surface area contributed by atoms with Crippen molar-refractivity contribution in [3.05, 3.63) is 29.8 Å². The van der Waals surface area contributed by atoms with Crippen molar-refractivity contribution >= 4 is 5.91 Å². The van der Waals surface area contributed by atoms with Gasteiger partial charge in [-0.05, 0) is 31.4 Å². The van der Waals surface area contributed by atoms with Gasteiger partial charge >= 0.3 is 0 Å². The maximum absolute atomic E-state index is 11.4. The summed E-state index contributed by atoms with van der Waals surface area (Å²) >= 11 is 0. The van der Waals surface area contributed by atoms with Gasteiger partial charge in [0.2, 0.25) is 0 Å². The topological polar surface area (TPSA) is 75.8 Å². The highest BCUT2D eigenvalue weighted by Crippen LogP contribution is 2.23. The van der Waals surface area contributed by atoms with E-state index in [1.165, 1.54) is 0 Å². The highest BCUT2D eigenvalue weighted by atomic mass is 16.5. The molecule has 5 nitrogen and oxygen atoms in total. The van der Waals surface area contributed by atoms with E-state index < -0.39 is 5.91 Å². The van der Waals surface area contributed by atoms with Crippen LogP contribution in [0.1, 0.15) is 36.5 Å². The number of amides is 1. The van der Waals surface area contributed by atoms with Crippen molar-refractivity contribution in [2.24, 2.45) is 5.73 Å². The van der Waals surface area contributed by atoms with Gasteiger partial charge in [-0.3, -0.25) is 9.69 Å². The molecule has 1 fully saturated rings. The number of nitrogens with zero attached hydrogens (tertiary/aromatic N) is 1. The number of carbonyl (C=O) groups is 1. The molecule has 1 aromatic rings. The van der Waals surface area contributed by atoms with Crippen molar-refractivity contribution in [3.8, 4) is 5.75 Å². The first-order valence-electron chi connectivity index (χ1n) is 7.56. The minimum absolute atomic E-state index is 0.0953. The SMILES string of the molecule is CCC(CO)N1CCC(Oc2ccccc2C(N)=O)CC1. The second kappa shape index (κ2) is 7.43. The molecule has 1 unspecified atom stereocenters. The van der Waals surface area contributed by atoms with E-state index in [0.717, 1.165) is 32.4 Å². The number of benzene rings is 1. The molecular weight excluding hydrogens is 268 g/mol. The smallest absolute Gasteiger partial charge is 0.252 e. The third-order valence-corrected chi connectivity index (χ3v) is 4.12. The number of piperidine rings is 1. The van der Waals surface area contributed by atoms with E-state index >= 15 is 0 Å². The Morgan fingerprint density at radius 1 is 1.43 bits per heavy atom. The van der Waals surface area contributed by atoms with E-state index in [2.05, 4.69) is 11.8 Å². The summed E-state index contributed by atoms with van der Waals surface area (Å²) in [6.07, 6.45) is 2.83. The van der Waals surface area contributed by atoms with E-state index in [0.29, 0.717) is 11.3 Å². The van der Waals surface area contributed by atoms with Crippen molar-refractivity contribution in [3.63, 3.8) is 0 Å². The molecule has 1 amide bonds. The van der Waals surface area contributed by atoms with Crippen LogP contribution < -0.4 is 10.5 Å². The number of likely N-dealkylation sites (tertiary alicyclic amines) is 1. The Morgan fingerprint density at radius 2 is 2.10 bits per heavy atom. The molecule has 1 heterocycles. The minimum Gasteiger partial charge on any atom is -0.489 e. The van der Waals surface area contributed by atoms with Crippen molar-refractivity contribution in [1.82, 2.24) is 4.90 Å². The Hall–Kier alpha value is -1.59. The number of aliphatic hydroxyl groups is 1. The van der Waals surface area contributed by atoms with Crippen molar-refractivity contribution in [1.29, 1.82) is 0 Å². The van der Waals surface area contributed by atoms with Gasteiger partial charge in [0.1, 0.15) is 11.9 Å². The molecule has 1 atom stereocenters. The molecule has 0 saturated carbocycles. The van der Waals surface area contributed by atoms with Crippen LogP contribution in [0.3, 0.4) is 0 Å². The first-order chi connectivity index (χ1) is 10.2. The maximum atomic E-state index is 11.4. The van der Waals surface area contributed by atoms with Crippen LogP contribution in [0.5, 0.6) is 5.75 Å². The Kier molecular flexibility index (Phi) is 5.59. The Bertz CT molecular complexity index is 466. The summed E-state index contributed by atoms with van der Waals surface area (Å²) < 4.78 is 5.95. The van der Waals surface area contributed by atoms with Gasteiger partial charge in [-0.25, -0.2) is 0 Å². The monoisotopic (exact) mass is 292 g/mol. The molecule has 0 spiro atoms. The zero-order chi connectivity index (χ0) is 15.2. The van der Waals surface area contributed by atoms with E-state index in [-0.39, 0.29) is 18.8 Å². The number of hydrogen-bond donors (Lipinski definition) is 2. The lowest BCUT2D eigenvalue weighted by Gasteiger charge is -2.36. The number of hydrogen-bond acceptors (Lipinski definition) is 4. The van der Waals surface area contributed by atoms with E-state index in [9.17, 15) is 9.90 Å². The summed E-state index contributed by atoms with van der Waals surface area (Å²) in [7, 11) is 0. The quantitative estimate of drug-likeness (QED) is 0.831. The molecule has 1 aliphatic heterocycles. The first-order valence-corrected chi connectivity index (χ1v) is 7.56. The zero-order valence-corrected chi connectivity index (χ0v) is 12.5. The van der Waals surface area contributed by atoms with Crippen molar-refractivity contribution in [2.45, 2.75) is 38.3 Å². The van der Waals surface area contributed by atoms with Gasteiger partial charge < -0.3 is 15.6 Å². The van der Waals surface area contributed by atoms with Gasteiger partial charge in [0.25, 0.3) is 5.91 Å². The highest BCUT2D eigenvalue weighted by molar-refractivity contribution is 5.95. The number of carbonyl (C=O) groups excluding carboxylic acids is 1. The lowest BCUT2D eigenvalue weighted by molar-refractivity contribution is 0.0511. The number of aliphatic hydroxyl groups excluding tert-OH is 1. The van der Waals surface area contributed by atoms with Gasteiger partial charge in [0.05, 0.1) is 12.2 Å². The molecule has 1 saturated heterocycles. The van der Waals surface area contributed by atoms with Crippen LogP contribution in [0.2, 0.25) is 0 Å². The fourth-order valence-electron chi connectivity index (χ4n) is 2.81. The number of para-hydroxylation sites is 1. The summed E-state index contributed by atoms with van der Waals surface area (Å²) in [5, 5.41) is 9.35. The first kappa shape index (κ1) is 15.8. The van der Waals surface area contributed by atoms with Crippen LogP contribution in [0.15, 0.2) is 24.3 Å². The average Bonchev–Trinajstić information content (AvgIpc) is 2.50. The Labute approximate surface area is 125 Å². The summed E-state index contributed by atoms with van der Waals surface area (Å²) in [6.45, 7) is 4.10. The number of primary amides is 1. The predicted molar refractivity (Wildman–Crippen MR) is 81.3 cm³/mol. The van der Waals surface area contributed by atoms with Crippen LogP contribution in [0.4, 0.5) is 0 Å². The van der Waals surface area contributed by atoms with E-state index in [1.54, 1.807) is 18.2 Å². The zero-order valence-electron chi connectivity index (χ0n) is 12.5. The van der Waals surface area contributed by atoms with Gasteiger partial charge in [-0.2, -0.15) is 0 Å². The molecule has 0 radical (unpaired) electrons. The molecule has 3 N–H and O–H groups in total. The maximum Gasteiger partial charge on any atom is 0.252 e. The largest absolute Gasteiger partial charge is 0.489 e. The summed E-state index contributed by atoms with van der Waals surface area (Å²) in [5.41, 5.74) is 5.79. The Balaban J connectivity index is 1.94. The number of rotatable bonds is 6. The fraction of sp³-hybridized carbons (Fsp3) is 0.562. The molecule has 0 aliphatic carbocycles. The number of ether oxygens (including phenoxy) is 1. The fourth-order valence-corrected chi connectivity index (χ4v) is 2.81. The molecule has 1 aromatic carbocycles. The highest BCUT2D eigenvalue weighted by Gasteiger charge is 2.25. The summed E-state index contributed by atoms with van der Waals surface area (Å²) in [6, 6.07) is 7.34. The molecule has 5 heteroatoms. The molecule has 0 aromatic heterocycles. The third-order valence-electron chi connectivity index (χ3n) is 4.12. The Morgan fingerprint density at radius 3 is 2.67 bits per heavy atom. The summed E-state index contributed by atoms with van der Waals surface area (Å²) in [5.74, 6) is 0.104. The van der Waals surface area contributed by atoms with Crippen LogP contribution >= 0.6 is 0 Å². The molecule has 21 heavy (non-hydrogen) atoms. The van der Waals surface area contributed by atoms with Gasteiger partial charge in [0, 0.05) is 19.1 Å². The van der Waals surface area contributed by atoms with Crippen molar-refractivity contribution < 1.29 is 14.6 Å². The molecule has 2 rings (SSSR count). The minimum atomic E-state index is -0.464. The average molecular weight is 292 g/mol. The van der Waals surface area contributed by atoms with E-state index in [1.807, 2.05) is 6.07 Å². The molecule has 1 aliphatic rings. The summed E-state index contributed by atoms with van der Waals surface area (Å²) in [4.78, 5) is 13.7. The lowest BCUT2D eigenvalue weighted by Crippen LogP contribution is -2.45. The molecular formula is C16H24N2O3. The second-order valence-electron chi connectivity index (χ2n) is 5.46. The predicted octanol–water partition coefficient (Wildman–Crippen LogP) is 1.40. The molecule has 0 bridgehead atoms. The van der Waals surface area contributed by atoms with Crippen molar-refractivity contribution in [2.75, 3.05) is 19.7 Å².